The van der Waals surface area contributed by atoms with Crippen molar-refractivity contribution >= 4 is 11.8 Å². The molecule has 0 aliphatic heterocycles. The van der Waals surface area contributed by atoms with Crippen molar-refractivity contribution in [2.75, 3.05) is 6.61 Å². The van der Waals surface area contributed by atoms with Gasteiger partial charge in [0.25, 0.3) is 0 Å². The highest BCUT2D eigenvalue weighted by atomic mass is 19.4. The molecular formula is C17H21F3O3. The summed E-state index contributed by atoms with van der Waals surface area (Å²) in [5.74, 6) is -0.519. The molecule has 6 heteroatoms. The van der Waals surface area contributed by atoms with E-state index in [0.29, 0.717) is 25.9 Å². The lowest BCUT2D eigenvalue weighted by Gasteiger charge is -2.08. The number of alkyl halides is 3. The first-order chi connectivity index (χ1) is 10.8. The molecular weight excluding hydrogens is 309 g/mol. The molecule has 1 rings (SSSR count). The molecule has 0 saturated heterocycles. The number of carbonyl (C=O) groups is 2. The van der Waals surface area contributed by atoms with Crippen LogP contribution < -0.4 is 0 Å². The van der Waals surface area contributed by atoms with Crippen molar-refractivity contribution in [2.45, 2.75) is 51.6 Å². The number of Topliss-reactive ketones (excluding diaryl/α,β-unsaturated/α-hetero) is 1. The molecule has 0 aliphatic carbocycles. The Morgan fingerprint density at radius 2 is 1.70 bits per heavy atom. The van der Waals surface area contributed by atoms with Gasteiger partial charge in [-0.25, -0.2) is 0 Å². The molecule has 0 aromatic heterocycles. The van der Waals surface area contributed by atoms with Crippen molar-refractivity contribution in [3.63, 3.8) is 0 Å². The van der Waals surface area contributed by atoms with Crippen LogP contribution in [0.3, 0.4) is 0 Å². The third kappa shape index (κ3) is 7.30. The molecule has 128 valence electrons. The summed E-state index contributed by atoms with van der Waals surface area (Å²) >= 11 is 0. The zero-order chi connectivity index (χ0) is 17.3. The van der Waals surface area contributed by atoms with Gasteiger partial charge in [0.15, 0.2) is 5.78 Å². The SMILES string of the molecule is CCOC(=O)CCCCCCC(=O)c1cccc(C(F)(F)F)c1. The molecule has 0 N–H and O–H groups in total. The largest absolute Gasteiger partial charge is 0.466 e. The van der Waals surface area contributed by atoms with E-state index in [1.165, 1.54) is 12.1 Å². The number of hydrogen-bond acceptors (Lipinski definition) is 3. The molecule has 3 nitrogen and oxygen atoms in total. The van der Waals surface area contributed by atoms with Gasteiger partial charge in [-0.3, -0.25) is 9.59 Å². The number of unbranched alkanes of at least 4 members (excludes halogenated alkanes) is 3. The van der Waals surface area contributed by atoms with Gasteiger partial charge in [-0.05, 0) is 31.9 Å². The van der Waals surface area contributed by atoms with Gasteiger partial charge in [0.2, 0.25) is 0 Å². The van der Waals surface area contributed by atoms with Crippen LogP contribution in [0.4, 0.5) is 13.2 Å². The highest BCUT2D eigenvalue weighted by molar-refractivity contribution is 5.96. The van der Waals surface area contributed by atoms with E-state index in [-0.39, 0.29) is 23.7 Å². The summed E-state index contributed by atoms with van der Waals surface area (Å²) in [6, 6.07) is 4.49. The minimum Gasteiger partial charge on any atom is -0.466 e. The fraction of sp³-hybridized carbons (Fsp3) is 0.529. The Labute approximate surface area is 133 Å². The van der Waals surface area contributed by atoms with Gasteiger partial charge in [-0.15, -0.1) is 0 Å². The number of ether oxygens (including phenoxy) is 1. The number of benzene rings is 1. The molecule has 0 fully saturated rings. The average Bonchev–Trinajstić information content (AvgIpc) is 2.50. The van der Waals surface area contributed by atoms with Crippen molar-refractivity contribution in [1.82, 2.24) is 0 Å². The third-order valence-corrected chi connectivity index (χ3v) is 3.35. The molecule has 0 spiro atoms. The Morgan fingerprint density at radius 1 is 1.04 bits per heavy atom. The number of rotatable bonds is 9. The van der Waals surface area contributed by atoms with Gasteiger partial charge in [0.1, 0.15) is 0 Å². The van der Waals surface area contributed by atoms with E-state index in [9.17, 15) is 22.8 Å². The fourth-order valence-electron chi connectivity index (χ4n) is 2.15. The highest BCUT2D eigenvalue weighted by Crippen LogP contribution is 2.29. The van der Waals surface area contributed by atoms with Crippen LogP contribution in [-0.4, -0.2) is 18.4 Å². The lowest BCUT2D eigenvalue weighted by atomic mass is 10.0. The van der Waals surface area contributed by atoms with E-state index >= 15 is 0 Å². The van der Waals surface area contributed by atoms with E-state index in [1.54, 1.807) is 6.92 Å². The van der Waals surface area contributed by atoms with E-state index in [4.69, 9.17) is 4.74 Å². The maximum Gasteiger partial charge on any atom is 0.416 e. The van der Waals surface area contributed by atoms with E-state index < -0.39 is 11.7 Å². The van der Waals surface area contributed by atoms with Gasteiger partial charge in [0, 0.05) is 18.4 Å². The number of hydrogen-bond donors (Lipinski definition) is 0. The standard InChI is InChI=1S/C17H21F3O3/c1-2-23-16(22)11-6-4-3-5-10-15(21)13-8-7-9-14(12-13)17(18,19)20/h7-9,12H,2-6,10-11H2,1H3. The molecule has 23 heavy (non-hydrogen) atoms. The molecule has 1 aromatic carbocycles. The second-order valence-electron chi connectivity index (χ2n) is 5.22. The first-order valence-electron chi connectivity index (χ1n) is 7.70. The van der Waals surface area contributed by atoms with Gasteiger partial charge in [-0.2, -0.15) is 13.2 Å². The number of esters is 1. The maximum atomic E-state index is 12.6. The predicted molar refractivity (Wildman–Crippen MR) is 80.1 cm³/mol. The summed E-state index contributed by atoms with van der Waals surface area (Å²) in [4.78, 5) is 23.0. The zero-order valence-electron chi connectivity index (χ0n) is 13.1. The molecule has 1 aromatic rings. The summed E-state index contributed by atoms with van der Waals surface area (Å²) in [5, 5.41) is 0. The second kappa shape index (κ2) is 9.33. The normalized spacial score (nSPS) is 11.3. The Balaban J connectivity index is 2.31. The van der Waals surface area contributed by atoms with Crippen LogP contribution in [0.2, 0.25) is 0 Å². The Hall–Kier alpha value is -1.85. The van der Waals surface area contributed by atoms with Gasteiger partial charge >= 0.3 is 12.1 Å². The van der Waals surface area contributed by atoms with Crippen LogP contribution in [-0.2, 0) is 15.7 Å². The van der Waals surface area contributed by atoms with Crippen molar-refractivity contribution in [3.8, 4) is 0 Å². The lowest BCUT2D eigenvalue weighted by molar-refractivity contribution is -0.143. The molecule has 0 saturated carbocycles. The molecule has 0 atom stereocenters. The van der Waals surface area contributed by atoms with Crippen molar-refractivity contribution in [2.24, 2.45) is 0 Å². The smallest absolute Gasteiger partial charge is 0.416 e. The summed E-state index contributed by atoms with van der Waals surface area (Å²) in [6.07, 6.45) is -1.05. The molecule has 0 bridgehead atoms. The van der Waals surface area contributed by atoms with Crippen LogP contribution in [0.1, 0.15) is 61.4 Å². The minimum absolute atomic E-state index is 0.0892. The Morgan fingerprint density at radius 3 is 2.30 bits per heavy atom. The average molecular weight is 330 g/mol. The van der Waals surface area contributed by atoms with Crippen LogP contribution >= 0.6 is 0 Å². The predicted octanol–water partition coefficient (Wildman–Crippen LogP) is 4.79. The molecule has 0 unspecified atom stereocenters. The summed E-state index contributed by atoms with van der Waals surface area (Å²) in [6.45, 7) is 2.11. The van der Waals surface area contributed by atoms with Crippen LogP contribution in [0, 0.1) is 0 Å². The van der Waals surface area contributed by atoms with Gasteiger partial charge < -0.3 is 4.74 Å². The highest BCUT2D eigenvalue weighted by Gasteiger charge is 2.30. The van der Waals surface area contributed by atoms with E-state index in [0.717, 1.165) is 25.0 Å². The molecule has 0 aliphatic rings. The fourth-order valence-corrected chi connectivity index (χ4v) is 2.15. The monoisotopic (exact) mass is 330 g/mol. The maximum absolute atomic E-state index is 12.6. The summed E-state index contributed by atoms with van der Waals surface area (Å²) in [7, 11) is 0. The topological polar surface area (TPSA) is 43.4 Å². The Bertz CT molecular complexity index is 524. The first kappa shape index (κ1) is 19.2. The summed E-state index contributed by atoms with van der Waals surface area (Å²) < 4.78 is 42.6. The van der Waals surface area contributed by atoms with E-state index in [1.807, 2.05) is 0 Å². The minimum atomic E-state index is -4.44. The van der Waals surface area contributed by atoms with Crippen LogP contribution in [0.25, 0.3) is 0 Å². The lowest BCUT2D eigenvalue weighted by Crippen LogP contribution is -2.07. The van der Waals surface area contributed by atoms with Crippen LogP contribution in [0.5, 0.6) is 0 Å². The molecule has 0 heterocycles. The number of carbonyl (C=O) groups excluding carboxylic acids is 2. The second-order valence-corrected chi connectivity index (χ2v) is 5.22. The zero-order valence-corrected chi connectivity index (χ0v) is 13.1. The van der Waals surface area contributed by atoms with Crippen molar-refractivity contribution in [1.29, 1.82) is 0 Å². The van der Waals surface area contributed by atoms with Crippen LogP contribution in [0.15, 0.2) is 24.3 Å². The van der Waals surface area contributed by atoms with E-state index in [2.05, 4.69) is 0 Å². The van der Waals surface area contributed by atoms with Crippen molar-refractivity contribution in [3.05, 3.63) is 35.4 Å². The Kier molecular flexibility index (Phi) is 7.78. The summed E-state index contributed by atoms with van der Waals surface area (Å²) in [5.41, 5.74) is -0.718. The number of halogens is 3. The van der Waals surface area contributed by atoms with Gasteiger partial charge in [0.05, 0.1) is 12.2 Å². The quantitative estimate of drug-likeness (QED) is 0.371. The van der Waals surface area contributed by atoms with Crippen molar-refractivity contribution < 1.29 is 27.5 Å². The third-order valence-electron chi connectivity index (χ3n) is 3.35. The first-order valence-corrected chi connectivity index (χ1v) is 7.70. The number of ketones is 1. The molecule has 0 radical (unpaired) electrons. The molecule has 0 amide bonds. The van der Waals surface area contributed by atoms with Gasteiger partial charge in [-0.1, -0.05) is 25.0 Å².